The quantitative estimate of drug-likeness (QED) is 0.0277. The maximum Gasteiger partial charge on any atom is 0.408 e. The van der Waals surface area contributed by atoms with Crippen LogP contribution >= 0.6 is 0 Å². The molecular formula is C63H115NO8. The molecular weight excluding hydrogens is 899 g/mol. The summed E-state index contributed by atoms with van der Waals surface area (Å²) < 4.78 is 23.0. The van der Waals surface area contributed by atoms with Crippen molar-refractivity contribution in [2.75, 3.05) is 19.8 Å². The minimum atomic E-state index is -1.53. The predicted octanol–water partition coefficient (Wildman–Crippen LogP) is 19.0. The van der Waals surface area contributed by atoms with Gasteiger partial charge in [-0.2, -0.15) is 0 Å². The van der Waals surface area contributed by atoms with Crippen LogP contribution in [0.2, 0.25) is 0 Å². The number of rotatable bonds is 52. The highest BCUT2D eigenvalue weighted by molar-refractivity contribution is 5.72. The first-order chi connectivity index (χ1) is 35.0. The molecule has 0 aliphatic carbocycles. The zero-order valence-corrected chi connectivity index (χ0v) is 48.0. The lowest BCUT2D eigenvalue weighted by molar-refractivity contribution is -0.157. The second-order valence-corrected chi connectivity index (χ2v) is 21.9. The molecule has 0 saturated heterocycles. The first-order valence-electron chi connectivity index (χ1n) is 30.4. The number of esters is 3. The van der Waals surface area contributed by atoms with Crippen LogP contribution in [0.15, 0.2) is 36.5 Å². The number of hydrogen-bond acceptors (Lipinski definition) is 8. The lowest BCUT2D eigenvalue weighted by Gasteiger charge is -2.34. The maximum absolute atomic E-state index is 13.3. The summed E-state index contributed by atoms with van der Waals surface area (Å²) in [6, 6.07) is 0. The Morgan fingerprint density at radius 1 is 0.333 bits per heavy atom. The monoisotopic (exact) mass is 1010 g/mol. The van der Waals surface area contributed by atoms with Gasteiger partial charge >= 0.3 is 24.0 Å². The first kappa shape index (κ1) is 68.9. The summed E-state index contributed by atoms with van der Waals surface area (Å²) >= 11 is 0. The Hall–Kier alpha value is -3.10. The second kappa shape index (κ2) is 51.4. The third-order valence-electron chi connectivity index (χ3n) is 13.2. The van der Waals surface area contributed by atoms with Gasteiger partial charge in [-0.25, -0.2) is 4.79 Å². The van der Waals surface area contributed by atoms with Gasteiger partial charge in [-0.1, -0.05) is 211 Å². The fourth-order valence-corrected chi connectivity index (χ4v) is 8.65. The number of allylic oxidation sites excluding steroid dienone is 6. The molecule has 9 heteroatoms. The summed E-state index contributed by atoms with van der Waals surface area (Å²) in [5, 5.41) is 2.81. The minimum absolute atomic E-state index is 0.227. The molecule has 0 bridgehead atoms. The number of nitrogens with one attached hydrogen (secondary N) is 1. The zero-order valence-electron chi connectivity index (χ0n) is 48.0. The molecule has 420 valence electrons. The highest BCUT2D eigenvalue weighted by Crippen LogP contribution is 2.18. The fraction of sp³-hybridized carbons (Fsp3) is 0.841. The minimum Gasteiger partial charge on any atom is -0.463 e. The average molecular weight is 1010 g/mol. The van der Waals surface area contributed by atoms with Crippen LogP contribution < -0.4 is 5.32 Å². The van der Waals surface area contributed by atoms with Gasteiger partial charge in [-0.15, -0.1) is 0 Å². The molecule has 0 aliphatic rings. The number of alkyl carbamates (subject to hydrolysis) is 1. The summed E-state index contributed by atoms with van der Waals surface area (Å²) in [7, 11) is 0. The summed E-state index contributed by atoms with van der Waals surface area (Å²) in [6.07, 6.45) is 59.2. The summed E-state index contributed by atoms with van der Waals surface area (Å²) in [5.41, 5.74) is -2.35. The Labute approximate surface area is 444 Å². The van der Waals surface area contributed by atoms with Crippen molar-refractivity contribution in [1.29, 1.82) is 0 Å². The van der Waals surface area contributed by atoms with Crippen LogP contribution in [0.25, 0.3) is 0 Å². The van der Waals surface area contributed by atoms with Gasteiger partial charge in [0, 0.05) is 19.3 Å². The highest BCUT2D eigenvalue weighted by atomic mass is 16.6. The number of ether oxygens (including phenoxy) is 4. The van der Waals surface area contributed by atoms with Crippen LogP contribution in [-0.2, 0) is 33.3 Å². The summed E-state index contributed by atoms with van der Waals surface area (Å²) in [6.45, 7) is 11.0. The van der Waals surface area contributed by atoms with Crippen molar-refractivity contribution in [3.8, 4) is 0 Å². The van der Waals surface area contributed by atoms with Crippen molar-refractivity contribution in [3.05, 3.63) is 36.5 Å². The molecule has 9 nitrogen and oxygen atoms in total. The molecule has 0 fully saturated rings. The van der Waals surface area contributed by atoms with Crippen molar-refractivity contribution in [2.45, 2.75) is 322 Å². The van der Waals surface area contributed by atoms with E-state index in [2.05, 4.69) is 62.5 Å². The third-order valence-corrected chi connectivity index (χ3v) is 13.2. The smallest absolute Gasteiger partial charge is 0.408 e. The molecule has 0 spiro atoms. The number of amides is 1. The van der Waals surface area contributed by atoms with Crippen molar-refractivity contribution in [1.82, 2.24) is 5.32 Å². The van der Waals surface area contributed by atoms with Crippen LogP contribution in [0.1, 0.15) is 311 Å². The van der Waals surface area contributed by atoms with Crippen molar-refractivity contribution >= 4 is 24.0 Å². The molecule has 0 aromatic heterocycles. The number of unbranched alkanes of at least 4 members (excludes halogenated alkanes) is 33. The van der Waals surface area contributed by atoms with Gasteiger partial charge in [0.2, 0.25) is 0 Å². The standard InChI is InChI=1S/C63H115NO8/c1-7-10-13-16-19-22-25-28-31-34-37-40-43-46-49-52-58(65)69-55-63(64-61(68)72-62(4,5)6,56-70-59(66)53-50-47-44-41-38-35-32-29-26-23-20-17-14-11-8-2)57-71-60(67)54-51-48-45-42-39-36-33-30-27-24-21-18-15-12-9-3/h28-33H,7-27,34-57H2,1-6H3,(H,64,68)/b31-28-,32-29-,33-30-. The molecule has 0 aromatic carbocycles. The lowest BCUT2D eigenvalue weighted by Crippen LogP contribution is -2.60. The molecule has 0 radical (unpaired) electrons. The molecule has 1 amide bonds. The van der Waals surface area contributed by atoms with Gasteiger partial charge < -0.3 is 24.3 Å². The van der Waals surface area contributed by atoms with Crippen LogP contribution in [-0.4, -0.2) is 55.0 Å². The van der Waals surface area contributed by atoms with E-state index < -0.39 is 35.1 Å². The summed E-state index contributed by atoms with van der Waals surface area (Å²) in [4.78, 5) is 52.8. The molecule has 0 heterocycles. The van der Waals surface area contributed by atoms with Gasteiger partial charge in [0.15, 0.2) is 0 Å². The largest absolute Gasteiger partial charge is 0.463 e. The second-order valence-electron chi connectivity index (χ2n) is 21.9. The predicted molar refractivity (Wildman–Crippen MR) is 303 cm³/mol. The lowest BCUT2D eigenvalue weighted by atomic mass is 10.0. The SMILES string of the molecule is CCCCCCCC/C=C\CCCCCCCC(=O)OCC(COC(=O)CCCCCCC/C=C\CCCCCCCC)(COC(=O)CCCCCCC/C=C\CCCCCCCC)NC(=O)OC(C)(C)C. The van der Waals surface area contributed by atoms with Gasteiger partial charge in [0.25, 0.3) is 0 Å². The normalized spacial score (nSPS) is 12.1. The van der Waals surface area contributed by atoms with E-state index in [4.69, 9.17) is 18.9 Å². The summed E-state index contributed by atoms with van der Waals surface area (Å²) in [5.74, 6) is -1.24. The van der Waals surface area contributed by atoms with E-state index in [1.807, 2.05) is 0 Å². The van der Waals surface area contributed by atoms with Crippen LogP contribution in [0, 0.1) is 0 Å². The molecule has 72 heavy (non-hydrogen) atoms. The third kappa shape index (κ3) is 50.4. The average Bonchev–Trinajstić information content (AvgIpc) is 3.35. The van der Waals surface area contributed by atoms with Gasteiger partial charge in [0.1, 0.15) is 31.0 Å². The van der Waals surface area contributed by atoms with E-state index in [0.717, 1.165) is 96.3 Å². The Kier molecular flexibility index (Phi) is 49.2. The van der Waals surface area contributed by atoms with Crippen LogP contribution in [0.4, 0.5) is 4.79 Å². The van der Waals surface area contributed by atoms with E-state index in [1.54, 1.807) is 20.8 Å². The van der Waals surface area contributed by atoms with Gasteiger partial charge in [-0.05, 0) is 117 Å². The Bertz CT molecular complexity index is 1210. The van der Waals surface area contributed by atoms with Gasteiger partial charge in [-0.3, -0.25) is 14.4 Å². The Balaban J connectivity index is 5.20. The number of carbonyl (C=O) groups is 4. The van der Waals surface area contributed by atoms with Crippen molar-refractivity contribution in [3.63, 3.8) is 0 Å². The topological polar surface area (TPSA) is 117 Å². The fourth-order valence-electron chi connectivity index (χ4n) is 8.65. The van der Waals surface area contributed by atoms with E-state index in [1.165, 1.54) is 135 Å². The van der Waals surface area contributed by atoms with E-state index >= 15 is 0 Å². The van der Waals surface area contributed by atoms with E-state index in [-0.39, 0.29) is 39.1 Å². The van der Waals surface area contributed by atoms with Crippen LogP contribution in [0.5, 0.6) is 0 Å². The van der Waals surface area contributed by atoms with E-state index in [0.29, 0.717) is 19.3 Å². The molecule has 0 saturated carbocycles. The molecule has 0 unspecified atom stereocenters. The Morgan fingerprint density at radius 2 is 0.556 bits per heavy atom. The van der Waals surface area contributed by atoms with Crippen molar-refractivity contribution in [2.24, 2.45) is 0 Å². The van der Waals surface area contributed by atoms with Crippen molar-refractivity contribution < 1.29 is 38.1 Å². The van der Waals surface area contributed by atoms with Gasteiger partial charge in [0.05, 0.1) is 0 Å². The molecule has 0 atom stereocenters. The zero-order chi connectivity index (χ0) is 52.9. The molecule has 0 aliphatic heterocycles. The highest BCUT2D eigenvalue weighted by Gasteiger charge is 2.39. The number of hydrogen-bond donors (Lipinski definition) is 1. The van der Waals surface area contributed by atoms with E-state index in [9.17, 15) is 19.2 Å². The molecule has 0 rings (SSSR count). The van der Waals surface area contributed by atoms with Crippen LogP contribution in [0.3, 0.4) is 0 Å². The number of carbonyl (C=O) groups excluding carboxylic acids is 4. The Morgan fingerprint density at radius 3 is 0.792 bits per heavy atom. The first-order valence-corrected chi connectivity index (χ1v) is 30.4. The maximum atomic E-state index is 13.3. The molecule has 1 N–H and O–H groups in total. The molecule has 0 aromatic rings.